The number of methoxy groups -OCH3 is 2. The molecule has 1 N–H and O–H groups in total. The summed E-state index contributed by atoms with van der Waals surface area (Å²) in [5.41, 5.74) is 4.43. The second-order valence-electron chi connectivity index (χ2n) is 7.09. The highest BCUT2D eigenvalue weighted by Gasteiger charge is 2.27. The molecule has 0 radical (unpaired) electrons. The van der Waals surface area contributed by atoms with Crippen molar-refractivity contribution in [1.29, 1.82) is 0 Å². The first-order chi connectivity index (χ1) is 15.8. The van der Waals surface area contributed by atoms with E-state index in [1.807, 2.05) is 6.92 Å². The maximum atomic E-state index is 13.4. The number of nitrogens with one attached hydrogen (secondary N) is 1. The number of benzene rings is 3. The Labute approximate surface area is 193 Å². The Morgan fingerprint density at radius 2 is 1.64 bits per heavy atom. The maximum Gasteiger partial charge on any atom is 0.264 e. The van der Waals surface area contributed by atoms with E-state index < -0.39 is 22.5 Å². The van der Waals surface area contributed by atoms with Crippen LogP contribution in [0.3, 0.4) is 0 Å². The second kappa shape index (κ2) is 10.6. The number of hydrogen-bond acceptors (Lipinski definition) is 6. The smallest absolute Gasteiger partial charge is 0.264 e. The lowest BCUT2D eigenvalue weighted by atomic mass is 10.2. The van der Waals surface area contributed by atoms with E-state index in [9.17, 15) is 13.2 Å². The summed E-state index contributed by atoms with van der Waals surface area (Å²) < 4.78 is 38.0. The summed E-state index contributed by atoms with van der Waals surface area (Å²) in [6.45, 7) is 1.44. The van der Waals surface area contributed by atoms with E-state index >= 15 is 0 Å². The van der Waals surface area contributed by atoms with Gasteiger partial charge in [0.2, 0.25) is 0 Å². The van der Waals surface area contributed by atoms with Gasteiger partial charge >= 0.3 is 0 Å². The monoisotopic (exact) mass is 467 g/mol. The third-order valence-corrected chi connectivity index (χ3v) is 6.54. The van der Waals surface area contributed by atoms with Gasteiger partial charge in [-0.1, -0.05) is 29.8 Å². The zero-order valence-corrected chi connectivity index (χ0v) is 19.4. The highest BCUT2D eigenvalue weighted by Crippen LogP contribution is 2.25. The Morgan fingerprint density at radius 1 is 0.970 bits per heavy atom. The zero-order valence-electron chi connectivity index (χ0n) is 18.6. The predicted molar refractivity (Wildman–Crippen MR) is 127 cm³/mol. The number of sulfonamides is 1. The molecule has 33 heavy (non-hydrogen) atoms. The van der Waals surface area contributed by atoms with E-state index in [0.717, 1.165) is 15.4 Å². The number of nitrogens with zero attached hydrogens (tertiary/aromatic N) is 2. The fraction of sp³-hybridized carbons (Fsp3) is 0.167. The molecule has 0 fully saturated rings. The van der Waals surface area contributed by atoms with Crippen LogP contribution < -0.4 is 19.2 Å². The fourth-order valence-corrected chi connectivity index (χ4v) is 4.39. The third-order valence-electron chi connectivity index (χ3n) is 4.75. The fourth-order valence-electron chi connectivity index (χ4n) is 2.97. The largest absolute Gasteiger partial charge is 0.497 e. The molecular weight excluding hydrogens is 442 g/mol. The van der Waals surface area contributed by atoms with Gasteiger partial charge in [-0.15, -0.1) is 0 Å². The summed E-state index contributed by atoms with van der Waals surface area (Å²) >= 11 is 0. The number of hydrazone groups is 1. The van der Waals surface area contributed by atoms with E-state index in [2.05, 4.69) is 10.5 Å². The highest BCUT2D eigenvalue weighted by atomic mass is 32.2. The molecular formula is C24H25N3O5S. The quantitative estimate of drug-likeness (QED) is 0.384. The molecule has 0 aliphatic rings. The number of aryl methyl sites for hydroxylation is 1. The average molecular weight is 468 g/mol. The van der Waals surface area contributed by atoms with Gasteiger partial charge in [-0.05, 0) is 61.0 Å². The molecule has 3 aromatic carbocycles. The van der Waals surface area contributed by atoms with E-state index in [-0.39, 0.29) is 4.90 Å². The number of carbonyl (C=O) groups excluding carboxylic acids is 1. The summed E-state index contributed by atoms with van der Waals surface area (Å²) in [6, 6.07) is 20.0. The number of carbonyl (C=O) groups is 1. The summed E-state index contributed by atoms with van der Waals surface area (Å²) in [7, 11) is -0.970. The van der Waals surface area contributed by atoms with Crippen LogP contribution in [-0.4, -0.2) is 41.3 Å². The Balaban J connectivity index is 1.82. The van der Waals surface area contributed by atoms with E-state index in [1.54, 1.807) is 67.8 Å². The second-order valence-corrected chi connectivity index (χ2v) is 8.95. The minimum Gasteiger partial charge on any atom is -0.497 e. The molecule has 1 amide bonds. The van der Waals surface area contributed by atoms with Crippen LogP contribution in [0.1, 0.15) is 11.1 Å². The highest BCUT2D eigenvalue weighted by molar-refractivity contribution is 7.92. The molecule has 0 spiro atoms. The van der Waals surface area contributed by atoms with Crippen LogP contribution in [0.15, 0.2) is 82.8 Å². The van der Waals surface area contributed by atoms with Gasteiger partial charge in [-0.2, -0.15) is 5.10 Å². The van der Waals surface area contributed by atoms with Gasteiger partial charge in [0.15, 0.2) is 0 Å². The molecule has 172 valence electrons. The van der Waals surface area contributed by atoms with E-state index in [4.69, 9.17) is 9.47 Å². The van der Waals surface area contributed by atoms with Crippen molar-refractivity contribution in [3.05, 3.63) is 83.9 Å². The van der Waals surface area contributed by atoms with Crippen molar-refractivity contribution in [3.63, 3.8) is 0 Å². The first-order valence-electron chi connectivity index (χ1n) is 10.0. The average Bonchev–Trinajstić information content (AvgIpc) is 2.83. The van der Waals surface area contributed by atoms with Gasteiger partial charge in [-0.3, -0.25) is 9.10 Å². The summed E-state index contributed by atoms with van der Waals surface area (Å²) in [5, 5.41) is 3.94. The van der Waals surface area contributed by atoms with Crippen LogP contribution in [0, 0.1) is 6.92 Å². The van der Waals surface area contributed by atoms with Gasteiger partial charge in [-0.25, -0.2) is 13.8 Å². The van der Waals surface area contributed by atoms with Crippen molar-refractivity contribution >= 4 is 27.8 Å². The van der Waals surface area contributed by atoms with Crippen LogP contribution >= 0.6 is 0 Å². The molecule has 0 bridgehead atoms. The topological polar surface area (TPSA) is 97.3 Å². The van der Waals surface area contributed by atoms with E-state index in [1.165, 1.54) is 25.5 Å². The normalized spacial score (nSPS) is 11.2. The standard InChI is InChI=1S/C24H25N3O5S/c1-18-7-9-20(10-8-18)27(33(29,30)23-13-11-21(31-2)12-14-23)17-24(28)26-25-16-19-5-4-6-22(15-19)32-3/h4-16H,17H2,1-3H3,(H,26,28)/b25-16-. The Morgan fingerprint density at radius 3 is 2.27 bits per heavy atom. The van der Waals surface area contributed by atoms with Gasteiger partial charge in [0, 0.05) is 0 Å². The van der Waals surface area contributed by atoms with Crippen molar-refractivity contribution in [2.75, 3.05) is 25.1 Å². The van der Waals surface area contributed by atoms with Gasteiger partial charge < -0.3 is 9.47 Å². The molecule has 0 heterocycles. The lowest BCUT2D eigenvalue weighted by molar-refractivity contribution is -0.119. The molecule has 0 saturated carbocycles. The molecule has 0 saturated heterocycles. The summed E-state index contributed by atoms with van der Waals surface area (Å²) in [4.78, 5) is 12.6. The van der Waals surface area contributed by atoms with Gasteiger partial charge in [0.05, 0.1) is 31.0 Å². The predicted octanol–water partition coefficient (Wildman–Crippen LogP) is 3.36. The Hall–Kier alpha value is -3.85. The molecule has 0 atom stereocenters. The first kappa shape index (κ1) is 23.8. The van der Waals surface area contributed by atoms with Crippen molar-refractivity contribution in [1.82, 2.24) is 5.43 Å². The van der Waals surface area contributed by atoms with Crippen LogP contribution in [0.5, 0.6) is 11.5 Å². The summed E-state index contributed by atoms with van der Waals surface area (Å²) in [5.74, 6) is 0.591. The minimum atomic E-state index is -4.02. The van der Waals surface area contributed by atoms with Crippen LogP contribution in [0.4, 0.5) is 5.69 Å². The SMILES string of the molecule is COc1ccc(S(=O)(=O)N(CC(=O)N/N=C\c2cccc(OC)c2)c2ccc(C)cc2)cc1. The van der Waals surface area contributed by atoms with Gasteiger partial charge in [0.1, 0.15) is 18.0 Å². The molecule has 0 aliphatic carbocycles. The molecule has 0 unspecified atom stereocenters. The van der Waals surface area contributed by atoms with Crippen LogP contribution in [0.25, 0.3) is 0 Å². The lowest BCUT2D eigenvalue weighted by Gasteiger charge is -2.24. The minimum absolute atomic E-state index is 0.0385. The van der Waals surface area contributed by atoms with Crippen LogP contribution in [0.2, 0.25) is 0 Å². The maximum absolute atomic E-state index is 13.4. The number of rotatable bonds is 9. The van der Waals surface area contributed by atoms with Crippen molar-refractivity contribution < 1.29 is 22.7 Å². The summed E-state index contributed by atoms with van der Waals surface area (Å²) in [6.07, 6.45) is 1.45. The number of anilines is 1. The third kappa shape index (κ3) is 6.11. The Bertz CT molecular complexity index is 1220. The number of amides is 1. The zero-order chi connectivity index (χ0) is 23.8. The Kier molecular flexibility index (Phi) is 7.68. The lowest BCUT2D eigenvalue weighted by Crippen LogP contribution is -2.39. The molecule has 9 heteroatoms. The van der Waals surface area contributed by atoms with E-state index in [0.29, 0.717) is 17.2 Å². The molecule has 0 aliphatic heterocycles. The van der Waals surface area contributed by atoms with Crippen molar-refractivity contribution in [2.45, 2.75) is 11.8 Å². The molecule has 3 rings (SSSR count). The molecule has 8 nitrogen and oxygen atoms in total. The van der Waals surface area contributed by atoms with Crippen molar-refractivity contribution in [3.8, 4) is 11.5 Å². The van der Waals surface area contributed by atoms with Gasteiger partial charge in [0.25, 0.3) is 15.9 Å². The van der Waals surface area contributed by atoms with Crippen LogP contribution in [-0.2, 0) is 14.8 Å². The molecule has 3 aromatic rings. The number of hydrogen-bond donors (Lipinski definition) is 1. The number of ether oxygens (including phenoxy) is 2. The van der Waals surface area contributed by atoms with Crippen molar-refractivity contribution in [2.24, 2.45) is 5.10 Å². The first-order valence-corrected chi connectivity index (χ1v) is 11.5. The molecule has 0 aromatic heterocycles.